The lowest BCUT2D eigenvalue weighted by Gasteiger charge is -2.22. The summed E-state index contributed by atoms with van der Waals surface area (Å²) in [7, 11) is 0. The highest BCUT2D eigenvalue weighted by molar-refractivity contribution is 5.99. The molecule has 0 saturated heterocycles. The van der Waals surface area contributed by atoms with Crippen LogP contribution in [0.2, 0.25) is 0 Å². The van der Waals surface area contributed by atoms with E-state index in [0.717, 1.165) is 23.1 Å². The van der Waals surface area contributed by atoms with Crippen LogP contribution in [0, 0.1) is 0 Å². The third kappa shape index (κ3) is 3.07. The second kappa shape index (κ2) is 5.35. The van der Waals surface area contributed by atoms with Crippen LogP contribution in [0.5, 0.6) is 5.75 Å². The summed E-state index contributed by atoms with van der Waals surface area (Å²) in [4.78, 5) is 12.4. The number of anilines is 2. The average molecular weight is 296 g/mol. The predicted octanol–water partition coefficient (Wildman–Crippen LogP) is 3.63. The van der Waals surface area contributed by atoms with Gasteiger partial charge in [0.1, 0.15) is 5.75 Å². The Morgan fingerprint density at radius 2 is 1.76 bits per heavy atom. The molecule has 0 fully saturated rings. The first-order chi connectivity index (χ1) is 9.80. The molecule has 0 heterocycles. The molecule has 0 radical (unpaired) electrons. The number of amides is 2. The molecule has 0 atom stereocenters. The van der Waals surface area contributed by atoms with Gasteiger partial charge in [-0.1, -0.05) is 18.2 Å². The summed E-state index contributed by atoms with van der Waals surface area (Å²) in [5.41, 5.74) is 4.23. The van der Waals surface area contributed by atoms with Gasteiger partial charge in [-0.05, 0) is 30.3 Å². The van der Waals surface area contributed by atoms with Crippen LogP contribution in [-0.4, -0.2) is 11.1 Å². The molecule has 3 N–H and O–H groups in total. The number of carbonyl (C=O) groups is 1. The van der Waals surface area contributed by atoms with Gasteiger partial charge in [-0.15, -0.1) is 0 Å². The Morgan fingerprint density at radius 1 is 1.10 bits per heavy atom. The van der Waals surface area contributed by atoms with Crippen molar-refractivity contribution >= 4 is 17.4 Å². The Bertz CT molecular complexity index is 671. The molecule has 2 amide bonds. The summed E-state index contributed by atoms with van der Waals surface area (Å²) >= 11 is 0. The maximum atomic E-state index is 12.7. The Balaban J connectivity index is 2.55. The second-order valence-corrected chi connectivity index (χ2v) is 4.21. The van der Waals surface area contributed by atoms with Gasteiger partial charge in [0.15, 0.2) is 0 Å². The lowest BCUT2D eigenvalue weighted by molar-refractivity contribution is -0.137. The van der Waals surface area contributed by atoms with Crippen molar-refractivity contribution in [2.75, 3.05) is 4.90 Å². The number of urea groups is 1. The van der Waals surface area contributed by atoms with Crippen molar-refractivity contribution in [2.24, 2.45) is 5.73 Å². The molecule has 2 aromatic rings. The van der Waals surface area contributed by atoms with Gasteiger partial charge in [0, 0.05) is 0 Å². The predicted molar refractivity (Wildman–Crippen MR) is 71.3 cm³/mol. The molecular formula is C14H11F3N2O2. The highest BCUT2D eigenvalue weighted by Crippen LogP contribution is 2.36. The van der Waals surface area contributed by atoms with Crippen LogP contribution in [0.25, 0.3) is 0 Å². The van der Waals surface area contributed by atoms with Gasteiger partial charge in [0.2, 0.25) is 0 Å². The van der Waals surface area contributed by atoms with E-state index in [0.29, 0.717) is 0 Å². The van der Waals surface area contributed by atoms with E-state index < -0.39 is 17.8 Å². The van der Waals surface area contributed by atoms with Gasteiger partial charge in [-0.3, -0.25) is 4.90 Å². The number of carbonyl (C=O) groups excluding carboxylic acids is 1. The number of alkyl halides is 3. The molecular weight excluding hydrogens is 285 g/mol. The first-order valence-corrected chi connectivity index (χ1v) is 5.85. The van der Waals surface area contributed by atoms with Gasteiger partial charge in [-0.25, -0.2) is 4.79 Å². The number of para-hydroxylation sites is 2. The number of phenols is 1. The van der Waals surface area contributed by atoms with E-state index in [1.165, 1.54) is 30.3 Å². The van der Waals surface area contributed by atoms with Crippen LogP contribution in [0.4, 0.5) is 29.3 Å². The summed E-state index contributed by atoms with van der Waals surface area (Å²) in [5.74, 6) is -0.270. The van der Waals surface area contributed by atoms with Crippen LogP contribution in [0.3, 0.4) is 0 Å². The molecule has 0 aliphatic rings. The van der Waals surface area contributed by atoms with E-state index in [-0.39, 0.29) is 17.1 Å². The van der Waals surface area contributed by atoms with Crippen molar-refractivity contribution < 1.29 is 23.1 Å². The minimum absolute atomic E-state index is 0.00400. The monoisotopic (exact) mass is 296 g/mol. The van der Waals surface area contributed by atoms with E-state index in [9.17, 15) is 23.1 Å². The van der Waals surface area contributed by atoms with Crippen molar-refractivity contribution in [2.45, 2.75) is 6.18 Å². The Morgan fingerprint density at radius 3 is 2.33 bits per heavy atom. The number of nitrogens with two attached hydrogens (primary N) is 1. The number of hydrogen-bond donors (Lipinski definition) is 2. The lowest BCUT2D eigenvalue weighted by Crippen LogP contribution is -2.31. The molecule has 0 unspecified atom stereocenters. The zero-order valence-electron chi connectivity index (χ0n) is 10.6. The third-order valence-electron chi connectivity index (χ3n) is 2.77. The summed E-state index contributed by atoms with van der Waals surface area (Å²) in [6, 6.07) is 8.85. The maximum absolute atomic E-state index is 12.7. The Hall–Kier alpha value is -2.70. The fourth-order valence-corrected chi connectivity index (χ4v) is 1.86. The van der Waals surface area contributed by atoms with Gasteiger partial charge in [0.05, 0.1) is 16.9 Å². The molecule has 0 saturated carbocycles. The van der Waals surface area contributed by atoms with Crippen LogP contribution < -0.4 is 10.6 Å². The van der Waals surface area contributed by atoms with Crippen LogP contribution in [0.1, 0.15) is 5.56 Å². The van der Waals surface area contributed by atoms with Crippen molar-refractivity contribution in [3.63, 3.8) is 0 Å². The number of phenolic OH excluding ortho intramolecular Hbond substituents is 1. The highest BCUT2D eigenvalue weighted by Gasteiger charge is 2.31. The SMILES string of the molecule is NC(=O)N(c1cccc(C(F)(F)F)c1)c1ccccc1O. The number of nitrogens with zero attached hydrogens (tertiary/aromatic N) is 1. The van der Waals surface area contributed by atoms with E-state index in [2.05, 4.69) is 0 Å². The lowest BCUT2D eigenvalue weighted by atomic mass is 10.1. The second-order valence-electron chi connectivity index (χ2n) is 4.21. The summed E-state index contributed by atoms with van der Waals surface area (Å²) < 4.78 is 38.2. The zero-order valence-corrected chi connectivity index (χ0v) is 10.6. The topological polar surface area (TPSA) is 66.6 Å². The minimum atomic E-state index is -4.54. The number of halogens is 3. The molecule has 110 valence electrons. The molecule has 0 aromatic heterocycles. The summed E-state index contributed by atoms with van der Waals surface area (Å²) in [5, 5.41) is 9.75. The molecule has 4 nitrogen and oxygen atoms in total. The molecule has 7 heteroatoms. The molecule has 0 aliphatic heterocycles. The molecule has 0 bridgehead atoms. The first kappa shape index (κ1) is 14.7. The van der Waals surface area contributed by atoms with E-state index in [1.807, 2.05) is 0 Å². The number of benzene rings is 2. The maximum Gasteiger partial charge on any atom is 0.416 e. The fraction of sp³-hybridized carbons (Fsp3) is 0.0714. The first-order valence-electron chi connectivity index (χ1n) is 5.85. The Kier molecular flexibility index (Phi) is 3.75. The molecule has 2 aromatic carbocycles. The van der Waals surface area contributed by atoms with Crippen molar-refractivity contribution in [3.8, 4) is 5.75 Å². The molecule has 21 heavy (non-hydrogen) atoms. The van der Waals surface area contributed by atoms with Gasteiger partial charge in [0.25, 0.3) is 0 Å². The van der Waals surface area contributed by atoms with Crippen molar-refractivity contribution in [1.82, 2.24) is 0 Å². The van der Waals surface area contributed by atoms with Crippen LogP contribution >= 0.6 is 0 Å². The molecule has 2 rings (SSSR count). The fourth-order valence-electron chi connectivity index (χ4n) is 1.86. The summed E-state index contributed by atoms with van der Waals surface area (Å²) in [6.45, 7) is 0. The number of aromatic hydroxyl groups is 1. The molecule has 0 aliphatic carbocycles. The smallest absolute Gasteiger partial charge is 0.416 e. The van der Waals surface area contributed by atoms with Gasteiger partial charge in [-0.2, -0.15) is 13.2 Å². The number of hydrogen-bond acceptors (Lipinski definition) is 2. The quantitative estimate of drug-likeness (QED) is 0.888. The van der Waals surface area contributed by atoms with Crippen molar-refractivity contribution in [1.29, 1.82) is 0 Å². The number of primary amides is 1. The standard InChI is InChI=1S/C14H11F3N2O2/c15-14(16,17)9-4-3-5-10(8-9)19(13(18)21)11-6-1-2-7-12(11)20/h1-8,20H,(H2,18,21). The normalized spacial score (nSPS) is 11.2. The van der Waals surface area contributed by atoms with E-state index >= 15 is 0 Å². The molecule has 0 spiro atoms. The van der Waals surface area contributed by atoms with Crippen molar-refractivity contribution in [3.05, 3.63) is 54.1 Å². The Labute approximate surface area is 118 Å². The summed E-state index contributed by atoms with van der Waals surface area (Å²) in [6.07, 6.45) is -4.54. The van der Waals surface area contributed by atoms with Crippen LogP contribution in [-0.2, 0) is 6.18 Å². The van der Waals surface area contributed by atoms with Crippen LogP contribution in [0.15, 0.2) is 48.5 Å². The zero-order chi connectivity index (χ0) is 15.6. The highest BCUT2D eigenvalue weighted by atomic mass is 19.4. The van der Waals surface area contributed by atoms with E-state index in [4.69, 9.17) is 5.73 Å². The van der Waals surface area contributed by atoms with Gasteiger partial charge >= 0.3 is 12.2 Å². The third-order valence-corrected chi connectivity index (χ3v) is 2.77. The average Bonchev–Trinajstić information content (AvgIpc) is 2.40. The number of rotatable bonds is 2. The van der Waals surface area contributed by atoms with Gasteiger partial charge < -0.3 is 10.8 Å². The van der Waals surface area contributed by atoms with E-state index in [1.54, 1.807) is 0 Å². The largest absolute Gasteiger partial charge is 0.506 e. The minimum Gasteiger partial charge on any atom is -0.506 e.